The molecular formula is C12H14N2O5S. The number of aliphatic hydroxyl groups is 1. The summed E-state index contributed by atoms with van der Waals surface area (Å²) in [6.45, 7) is -0.174. The quantitative estimate of drug-likeness (QED) is 0.812. The summed E-state index contributed by atoms with van der Waals surface area (Å²) >= 11 is 0. The van der Waals surface area contributed by atoms with Crippen molar-refractivity contribution in [2.24, 2.45) is 0 Å². The molecule has 0 unspecified atom stereocenters. The average Bonchev–Trinajstić information content (AvgIpc) is 2.97. The zero-order valence-electron chi connectivity index (χ0n) is 10.7. The van der Waals surface area contributed by atoms with Gasteiger partial charge in [-0.15, -0.1) is 0 Å². The maximum absolute atomic E-state index is 12.2. The van der Waals surface area contributed by atoms with E-state index in [9.17, 15) is 8.42 Å². The summed E-state index contributed by atoms with van der Waals surface area (Å²) in [4.78, 5) is 0.000643. The molecule has 0 radical (unpaired) electrons. The second-order valence-electron chi connectivity index (χ2n) is 3.96. The normalized spacial score (nSPS) is 11.5. The highest BCUT2D eigenvalue weighted by Gasteiger charge is 2.19. The fourth-order valence-electron chi connectivity index (χ4n) is 1.61. The molecule has 0 fully saturated rings. The van der Waals surface area contributed by atoms with Gasteiger partial charge in [0.05, 0.1) is 26.0 Å². The van der Waals surface area contributed by atoms with E-state index in [1.807, 2.05) is 0 Å². The first-order valence-electron chi connectivity index (χ1n) is 5.73. The molecule has 0 saturated heterocycles. The Labute approximate surface area is 116 Å². The molecule has 1 heterocycles. The molecular weight excluding hydrogens is 284 g/mol. The highest BCUT2D eigenvalue weighted by Crippen LogP contribution is 2.25. The fraction of sp³-hybridized carbons (Fsp3) is 0.250. The standard InChI is InChI=1S/C12H14N2O5S/c1-18-11-6-9(8-15)2-3-12(11)20(16,17)13-7-10-4-5-19-14-10/h2-6,13,15H,7-8H2,1H3. The van der Waals surface area contributed by atoms with Gasteiger partial charge in [0.25, 0.3) is 0 Å². The summed E-state index contributed by atoms with van der Waals surface area (Å²) in [5.74, 6) is 0.171. The van der Waals surface area contributed by atoms with Crippen molar-refractivity contribution in [1.29, 1.82) is 0 Å². The Morgan fingerprint density at radius 2 is 2.20 bits per heavy atom. The molecule has 0 amide bonds. The van der Waals surface area contributed by atoms with E-state index < -0.39 is 10.0 Å². The molecule has 0 aliphatic rings. The molecule has 2 aromatic rings. The molecule has 0 saturated carbocycles. The molecule has 0 aliphatic heterocycles. The molecule has 0 spiro atoms. The third-order valence-corrected chi connectivity index (χ3v) is 4.08. The second-order valence-corrected chi connectivity index (χ2v) is 5.69. The van der Waals surface area contributed by atoms with Crippen molar-refractivity contribution >= 4 is 10.0 Å². The van der Waals surface area contributed by atoms with Gasteiger partial charge < -0.3 is 14.4 Å². The Hall–Kier alpha value is -1.90. The first-order chi connectivity index (χ1) is 9.56. The van der Waals surface area contributed by atoms with E-state index in [0.717, 1.165) is 0 Å². The minimum absolute atomic E-state index is 0.000643. The Bertz CT molecular complexity index is 667. The van der Waals surface area contributed by atoms with Gasteiger partial charge in [-0.1, -0.05) is 11.2 Å². The second kappa shape index (κ2) is 6.04. The van der Waals surface area contributed by atoms with Crippen LogP contribution in [0.15, 0.2) is 39.9 Å². The van der Waals surface area contributed by atoms with Gasteiger partial charge in [-0.05, 0) is 17.7 Å². The Morgan fingerprint density at radius 3 is 2.80 bits per heavy atom. The largest absolute Gasteiger partial charge is 0.495 e. The Morgan fingerprint density at radius 1 is 1.40 bits per heavy atom. The van der Waals surface area contributed by atoms with E-state index in [1.54, 1.807) is 6.07 Å². The van der Waals surface area contributed by atoms with Gasteiger partial charge in [-0.3, -0.25) is 0 Å². The topological polar surface area (TPSA) is 102 Å². The van der Waals surface area contributed by atoms with Crippen molar-refractivity contribution in [3.63, 3.8) is 0 Å². The van der Waals surface area contributed by atoms with Crippen LogP contribution in [0.4, 0.5) is 0 Å². The summed E-state index contributed by atoms with van der Waals surface area (Å²) in [6.07, 6.45) is 1.36. The first kappa shape index (κ1) is 14.5. The molecule has 1 aromatic carbocycles. The number of aromatic nitrogens is 1. The predicted molar refractivity (Wildman–Crippen MR) is 69.4 cm³/mol. The summed E-state index contributed by atoms with van der Waals surface area (Å²) in [6, 6.07) is 5.95. The van der Waals surface area contributed by atoms with E-state index in [2.05, 4.69) is 14.4 Å². The van der Waals surface area contributed by atoms with Gasteiger partial charge in [0, 0.05) is 6.07 Å². The Kier molecular flexibility index (Phi) is 4.38. The van der Waals surface area contributed by atoms with Crippen LogP contribution in [0.25, 0.3) is 0 Å². The lowest BCUT2D eigenvalue weighted by Gasteiger charge is -2.11. The van der Waals surface area contributed by atoms with Gasteiger partial charge in [-0.25, -0.2) is 13.1 Å². The molecule has 20 heavy (non-hydrogen) atoms. The molecule has 2 N–H and O–H groups in total. The number of nitrogens with one attached hydrogen (secondary N) is 1. The van der Waals surface area contributed by atoms with Crippen LogP contribution >= 0.6 is 0 Å². The molecule has 1 aromatic heterocycles. The zero-order chi connectivity index (χ0) is 14.6. The highest BCUT2D eigenvalue weighted by molar-refractivity contribution is 7.89. The van der Waals surface area contributed by atoms with E-state index in [1.165, 1.54) is 31.6 Å². The van der Waals surface area contributed by atoms with Crippen LogP contribution in [0.5, 0.6) is 5.75 Å². The minimum Gasteiger partial charge on any atom is -0.495 e. The summed E-state index contributed by atoms with van der Waals surface area (Å²) in [5.41, 5.74) is 1.04. The maximum Gasteiger partial charge on any atom is 0.244 e. The fourth-order valence-corrected chi connectivity index (χ4v) is 2.76. The molecule has 2 rings (SSSR count). The SMILES string of the molecule is COc1cc(CO)ccc1S(=O)(=O)NCc1ccon1. The zero-order valence-corrected chi connectivity index (χ0v) is 11.6. The number of nitrogens with zero attached hydrogens (tertiary/aromatic N) is 1. The number of hydrogen-bond donors (Lipinski definition) is 2. The van der Waals surface area contributed by atoms with Crippen LogP contribution in [0.3, 0.4) is 0 Å². The van der Waals surface area contributed by atoms with E-state index >= 15 is 0 Å². The van der Waals surface area contributed by atoms with Crippen molar-refractivity contribution < 1.29 is 22.8 Å². The molecule has 7 nitrogen and oxygen atoms in total. The lowest BCUT2D eigenvalue weighted by atomic mass is 10.2. The van der Waals surface area contributed by atoms with Crippen LogP contribution in [-0.4, -0.2) is 25.8 Å². The average molecular weight is 298 g/mol. The number of aliphatic hydroxyl groups excluding tert-OH is 1. The molecule has 0 bridgehead atoms. The number of benzene rings is 1. The lowest BCUT2D eigenvalue weighted by molar-refractivity contribution is 0.280. The van der Waals surface area contributed by atoms with Gasteiger partial charge in [0.15, 0.2) is 0 Å². The van der Waals surface area contributed by atoms with Crippen LogP contribution in [0.2, 0.25) is 0 Å². The van der Waals surface area contributed by atoms with Gasteiger partial charge >= 0.3 is 0 Å². The Balaban J connectivity index is 2.24. The first-order valence-corrected chi connectivity index (χ1v) is 7.22. The van der Waals surface area contributed by atoms with Crippen molar-refractivity contribution in [3.8, 4) is 5.75 Å². The van der Waals surface area contributed by atoms with Crippen molar-refractivity contribution in [3.05, 3.63) is 41.8 Å². The maximum atomic E-state index is 12.2. The third kappa shape index (κ3) is 3.16. The van der Waals surface area contributed by atoms with Gasteiger partial charge in [-0.2, -0.15) is 0 Å². The third-order valence-electron chi connectivity index (χ3n) is 2.63. The van der Waals surface area contributed by atoms with Crippen LogP contribution < -0.4 is 9.46 Å². The number of ether oxygens (including phenoxy) is 1. The van der Waals surface area contributed by atoms with Crippen molar-refractivity contribution in [2.75, 3.05) is 7.11 Å². The number of sulfonamides is 1. The smallest absolute Gasteiger partial charge is 0.244 e. The predicted octanol–water partition coefficient (Wildman–Crippen LogP) is 0.654. The van der Waals surface area contributed by atoms with Crippen LogP contribution in [0.1, 0.15) is 11.3 Å². The molecule has 0 atom stereocenters. The van der Waals surface area contributed by atoms with Gasteiger partial charge in [0.2, 0.25) is 10.0 Å². The monoisotopic (exact) mass is 298 g/mol. The lowest BCUT2D eigenvalue weighted by Crippen LogP contribution is -2.24. The molecule has 8 heteroatoms. The number of methoxy groups -OCH3 is 1. The van der Waals surface area contributed by atoms with E-state index in [-0.39, 0.29) is 23.8 Å². The van der Waals surface area contributed by atoms with Crippen LogP contribution in [-0.2, 0) is 23.2 Å². The van der Waals surface area contributed by atoms with E-state index in [4.69, 9.17) is 9.84 Å². The van der Waals surface area contributed by atoms with Crippen molar-refractivity contribution in [2.45, 2.75) is 18.0 Å². The molecule has 0 aliphatic carbocycles. The number of rotatable bonds is 6. The van der Waals surface area contributed by atoms with Crippen LogP contribution in [0, 0.1) is 0 Å². The summed E-state index contributed by atoms with van der Waals surface area (Å²) < 4.78 is 36.5. The minimum atomic E-state index is -3.74. The highest BCUT2D eigenvalue weighted by atomic mass is 32.2. The summed E-state index contributed by atoms with van der Waals surface area (Å²) in [5, 5.41) is 12.7. The summed E-state index contributed by atoms with van der Waals surface area (Å²) in [7, 11) is -2.37. The van der Waals surface area contributed by atoms with Crippen molar-refractivity contribution in [1.82, 2.24) is 9.88 Å². The number of hydrogen-bond acceptors (Lipinski definition) is 6. The van der Waals surface area contributed by atoms with Gasteiger partial charge in [0.1, 0.15) is 16.9 Å². The molecule has 108 valence electrons. The van der Waals surface area contributed by atoms with E-state index in [0.29, 0.717) is 11.3 Å².